The molecular weight excluding hydrogens is 226 g/mol. The number of hydrogen-bond acceptors (Lipinski definition) is 2. The van der Waals surface area contributed by atoms with Gasteiger partial charge in [-0.15, -0.1) is 0 Å². The Bertz CT molecular complexity index is 391. The fourth-order valence-corrected chi connectivity index (χ4v) is 2.90. The van der Waals surface area contributed by atoms with Crippen LogP contribution in [0.1, 0.15) is 37.7 Å². The second-order valence-electron chi connectivity index (χ2n) is 5.08. The van der Waals surface area contributed by atoms with Gasteiger partial charge in [-0.1, -0.05) is 30.3 Å². The number of aliphatic carboxylic acids is 1. The first-order valence-corrected chi connectivity index (χ1v) is 6.69. The molecule has 1 aromatic rings. The molecule has 1 N–H and O–H groups in total. The van der Waals surface area contributed by atoms with E-state index < -0.39 is 5.97 Å². The van der Waals surface area contributed by atoms with Gasteiger partial charge < -0.3 is 10.0 Å². The van der Waals surface area contributed by atoms with Gasteiger partial charge >= 0.3 is 5.97 Å². The van der Waals surface area contributed by atoms with E-state index in [9.17, 15) is 4.79 Å². The standard InChI is InChI=1S/C15H21NO2/c1-12-14(13-6-3-2-4-7-13)9-11-16(12)10-5-8-15(17)18/h2-4,6-7,12,14H,5,8-11H2,1H3,(H,17,18)/t12-,14+/m0/s1. The molecule has 1 fully saturated rings. The van der Waals surface area contributed by atoms with Crippen molar-refractivity contribution >= 4 is 5.97 Å². The van der Waals surface area contributed by atoms with E-state index in [2.05, 4.69) is 36.1 Å². The Kier molecular flexibility index (Phi) is 4.37. The molecule has 1 saturated heterocycles. The van der Waals surface area contributed by atoms with Crippen molar-refractivity contribution in [3.63, 3.8) is 0 Å². The van der Waals surface area contributed by atoms with E-state index in [1.165, 1.54) is 12.0 Å². The fraction of sp³-hybridized carbons (Fsp3) is 0.533. The summed E-state index contributed by atoms with van der Waals surface area (Å²) in [7, 11) is 0. The maximum atomic E-state index is 10.5. The highest BCUT2D eigenvalue weighted by molar-refractivity contribution is 5.66. The second-order valence-corrected chi connectivity index (χ2v) is 5.08. The molecule has 1 aliphatic heterocycles. The van der Waals surface area contributed by atoms with Gasteiger partial charge in [0.1, 0.15) is 0 Å². The average molecular weight is 247 g/mol. The van der Waals surface area contributed by atoms with Crippen LogP contribution >= 0.6 is 0 Å². The Labute approximate surface area is 108 Å². The summed E-state index contributed by atoms with van der Waals surface area (Å²) in [6.45, 7) is 4.24. The molecule has 1 heterocycles. The van der Waals surface area contributed by atoms with E-state index in [4.69, 9.17) is 5.11 Å². The highest BCUT2D eigenvalue weighted by Crippen LogP contribution is 2.33. The van der Waals surface area contributed by atoms with Crippen molar-refractivity contribution in [3.05, 3.63) is 35.9 Å². The van der Waals surface area contributed by atoms with Crippen molar-refractivity contribution in [2.45, 2.75) is 38.1 Å². The maximum absolute atomic E-state index is 10.5. The summed E-state index contributed by atoms with van der Waals surface area (Å²) < 4.78 is 0. The van der Waals surface area contributed by atoms with Crippen LogP contribution in [0.4, 0.5) is 0 Å². The van der Waals surface area contributed by atoms with Gasteiger partial charge in [-0.3, -0.25) is 4.79 Å². The molecule has 98 valence electrons. The van der Waals surface area contributed by atoms with Crippen molar-refractivity contribution in [1.82, 2.24) is 4.90 Å². The number of carbonyl (C=O) groups is 1. The summed E-state index contributed by atoms with van der Waals surface area (Å²) in [5.74, 6) is -0.0995. The predicted molar refractivity (Wildman–Crippen MR) is 71.7 cm³/mol. The largest absolute Gasteiger partial charge is 0.481 e. The van der Waals surface area contributed by atoms with Crippen LogP contribution in [-0.4, -0.2) is 35.1 Å². The van der Waals surface area contributed by atoms with Crippen molar-refractivity contribution in [2.24, 2.45) is 0 Å². The normalized spacial score (nSPS) is 24.3. The van der Waals surface area contributed by atoms with Gasteiger partial charge in [0, 0.05) is 18.4 Å². The zero-order valence-corrected chi connectivity index (χ0v) is 10.9. The van der Waals surface area contributed by atoms with E-state index in [0.29, 0.717) is 12.0 Å². The van der Waals surface area contributed by atoms with E-state index in [1.807, 2.05) is 6.07 Å². The smallest absolute Gasteiger partial charge is 0.303 e. The molecule has 0 unspecified atom stereocenters. The van der Waals surface area contributed by atoms with E-state index >= 15 is 0 Å². The maximum Gasteiger partial charge on any atom is 0.303 e. The second kappa shape index (κ2) is 6.01. The minimum atomic E-state index is -0.693. The molecule has 2 atom stereocenters. The Balaban J connectivity index is 1.89. The van der Waals surface area contributed by atoms with Crippen molar-refractivity contribution < 1.29 is 9.90 Å². The molecule has 0 bridgehead atoms. The minimum absolute atomic E-state index is 0.277. The molecule has 0 amide bonds. The number of rotatable bonds is 5. The monoisotopic (exact) mass is 247 g/mol. The molecule has 2 rings (SSSR count). The zero-order valence-electron chi connectivity index (χ0n) is 10.9. The van der Waals surface area contributed by atoms with Crippen LogP contribution in [0.2, 0.25) is 0 Å². The minimum Gasteiger partial charge on any atom is -0.481 e. The Morgan fingerprint density at radius 3 is 2.78 bits per heavy atom. The Hall–Kier alpha value is -1.35. The van der Waals surface area contributed by atoms with E-state index in [0.717, 1.165) is 19.5 Å². The third kappa shape index (κ3) is 3.10. The van der Waals surface area contributed by atoms with Gasteiger partial charge in [0.15, 0.2) is 0 Å². The summed E-state index contributed by atoms with van der Waals surface area (Å²) in [4.78, 5) is 12.9. The van der Waals surface area contributed by atoms with Crippen molar-refractivity contribution in [2.75, 3.05) is 13.1 Å². The van der Waals surface area contributed by atoms with Crippen LogP contribution < -0.4 is 0 Å². The number of carboxylic acids is 1. The number of carboxylic acid groups (broad SMARTS) is 1. The molecule has 18 heavy (non-hydrogen) atoms. The van der Waals surface area contributed by atoms with Crippen LogP contribution in [-0.2, 0) is 4.79 Å². The number of benzene rings is 1. The molecule has 3 nitrogen and oxygen atoms in total. The van der Waals surface area contributed by atoms with Gasteiger partial charge in [0.2, 0.25) is 0 Å². The van der Waals surface area contributed by atoms with Gasteiger partial charge in [0.05, 0.1) is 0 Å². The van der Waals surface area contributed by atoms with E-state index in [-0.39, 0.29) is 6.42 Å². The quantitative estimate of drug-likeness (QED) is 0.869. The van der Waals surface area contributed by atoms with Crippen molar-refractivity contribution in [3.8, 4) is 0 Å². The number of likely N-dealkylation sites (tertiary alicyclic amines) is 1. The van der Waals surface area contributed by atoms with Crippen LogP contribution in [0, 0.1) is 0 Å². The van der Waals surface area contributed by atoms with Crippen LogP contribution in [0.5, 0.6) is 0 Å². The summed E-state index contributed by atoms with van der Waals surface area (Å²) in [5, 5.41) is 8.66. The Morgan fingerprint density at radius 1 is 1.39 bits per heavy atom. The summed E-state index contributed by atoms with van der Waals surface area (Å²) in [6, 6.07) is 11.1. The molecule has 1 aliphatic rings. The first-order chi connectivity index (χ1) is 8.68. The first kappa shape index (κ1) is 13.1. The lowest BCUT2D eigenvalue weighted by Crippen LogP contribution is -2.30. The molecule has 0 saturated carbocycles. The lowest BCUT2D eigenvalue weighted by Gasteiger charge is -2.24. The molecule has 0 aromatic heterocycles. The summed E-state index contributed by atoms with van der Waals surface area (Å²) in [6.07, 6.45) is 2.21. The third-order valence-corrected chi connectivity index (χ3v) is 3.95. The predicted octanol–water partition coefficient (Wildman–Crippen LogP) is 2.73. The zero-order chi connectivity index (χ0) is 13.0. The third-order valence-electron chi connectivity index (χ3n) is 3.95. The molecule has 0 aliphatic carbocycles. The highest BCUT2D eigenvalue weighted by Gasteiger charge is 2.30. The summed E-state index contributed by atoms with van der Waals surface area (Å²) in [5.41, 5.74) is 1.41. The SMILES string of the molecule is C[C@H]1[C@H](c2ccccc2)CCN1CCCC(=O)O. The lowest BCUT2D eigenvalue weighted by molar-refractivity contribution is -0.137. The average Bonchev–Trinajstić information content (AvgIpc) is 2.72. The molecular formula is C15H21NO2. The van der Waals surface area contributed by atoms with Crippen LogP contribution in [0.15, 0.2) is 30.3 Å². The first-order valence-electron chi connectivity index (χ1n) is 6.69. The molecule has 0 spiro atoms. The highest BCUT2D eigenvalue weighted by atomic mass is 16.4. The number of hydrogen-bond donors (Lipinski definition) is 1. The van der Waals surface area contributed by atoms with Gasteiger partial charge in [-0.2, -0.15) is 0 Å². The van der Waals surface area contributed by atoms with Crippen LogP contribution in [0.3, 0.4) is 0 Å². The van der Waals surface area contributed by atoms with Crippen LogP contribution in [0.25, 0.3) is 0 Å². The van der Waals surface area contributed by atoms with E-state index in [1.54, 1.807) is 0 Å². The van der Waals surface area contributed by atoms with Gasteiger partial charge in [0.25, 0.3) is 0 Å². The van der Waals surface area contributed by atoms with Crippen molar-refractivity contribution in [1.29, 1.82) is 0 Å². The Morgan fingerprint density at radius 2 is 2.11 bits per heavy atom. The number of nitrogens with zero attached hydrogens (tertiary/aromatic N) is 1. The molecule has 3 heteroatoms. The van der Waals surface area contributed by atoms with Gasteiger partial charge in [-0.05, 0) is 38.4 Å². The molecule has 0 radical (unpaired) electrons. The fourth-order valence-electron chi connectivity index (χ4n) is 2.90. The topological polar surface area (TPSA) is 40.5 Å². The lowest BCUT2D eigenvalue weighted by atomic mass is 9.93. The molecule has 1 aromatic carbocycles. The summed E-state index contributed by atoms with van der Waals surface area (Å²) >= 11 is 0. The van der Waals surface area contributed by atoms with Gasteiger partial charge in [-0.25, -0.2) is 0 Å².